The standard InChI is InChI=1S/C22H20Cl2N6O2/c1-13-16(10-11-19(31)27-18-5-3-2-4-17(18)24)20(32)30-22(26-13)28-21(29-30)25-12-14-6-8-15(23)9-7-14/h2-9H,10-12H2,1H3,(H,27,31)(H2,25,26,28,29). The number of aryl methyl sites for hydroxylation is 1. The molecule has 2 aromatic heterocycles. The van der Waals surface area contributed by atoms with E-state index in [1.165, 1.54) is 4.52 Å². The number of para-hydroxylation sites is 1. The van der Waals surface area contributed by atoms with Crippen LogP contribution in [0.3, 0.4) is 0 Å². The van der Waals surface area contributed by atoms with Gasteiger partial charge in [0.05, 0.1) is 16.4 Å². The fourth-order valence-electron chi connectivity index (χ4n) is 3.22. The van der Waals surface area contributed by atoms with E-state index in [4.69, 9.17) is 23.2 Å². The highest BCUT2D eigenvalue weighted by atomic mass is 35.5. The minimum atomic E-state index is -0.287. The molecule has 0 saturated heterocycles. The molecule has 164 valence electrons. The molecule has 0 unspecified atom stereocenters. The van der Waals surface area contributed by atoms with Crippen LogP contribution < -0.4 is 16.2 Å². The smallest absolute Gasteiger partial charge is 0.277 e. The van der Waals surface area contributed by atoms with Crippen LogP contribution in [0.2, 0.25) is 10.0 Å². The van der Waals surface area contributed by atoms with Gasteiger partial charge in [0, 0.05) is 23.6 Å². The summed E-state index contributed by atoms with van der Waals surface area (Å²) in [5.41, 5.74) is 2.24. The Morgan fingerprint density at radius 1 is 1.09 bits per heavy atom. The van der Waals surface area contributed by atoms with Gasteiger partial charge in [-0.25, -0.2) is 4.98 Å². The summed E-state index contributed by atoms with van der Waals surface area (Å²) in [5.74, 6) is 0.435. The number of anilines is 2. The molecule has 0 aliphatic heterocycles. The van der Waals surface area contributed by atoms with E-state index in [0.717, 1.165) is 5.56 Å². The Bertz CT molecular complexity index is 1330. The number of H-pyrrole nitrogens is 1. The Morgan fingerprint density at radius 3 is 2.59 bits per heavy atom. The van der Waals surface area contributed by atoms with Gasteiger partial charge >= 0.3 is 0 Å². The van der Waals surface area contributed by atoms with E-state index >= 15 is 0 Å². The van der Waals surface area contributed by atoms with Crippen molar-refractivity contribution in [2.75, 3.05) is 10.6 Å². The number of carbonyl (C=O) groups excluding carboxylic acids is 1. The maximum Gasteiger partial charge on any atom is 0.277 e. The minimum Gasteiger partial charge on any atom is -0.351 e. The maximum absolute atomic E-state index is 13.0. The van der Waals surface area contributed by atoms with Crippen molar-refractivity contribution in [2.24, 2.45) is 0 Å². The summed E-state index contributed by atoms with van der Waals surface area (Å²) in [4.78, 5) is 34.0. The fourth-order valence-corrected chi connectivity index (χ4v) is 3.53. The number of aromatic amines is 1. The van der Waals surface area contributed by atoms with Gasteiger partial charge in [-0.05, 0) is 43.2 Å². The largest absolute Gasteiger partial charge is 0.351 e. The van der Waals surface area contributed by atoms with Crippen LogP contribution in [0.25, 0.3) is 5.78 Å². The first kappa shape index (κ1) is 21.9. The third-order valence-corrected chi connectivity index (χ3v) is 5.50. The quantitative estimate of drug-likeness (QED) is 0.375. The highest BCUT2D eigenvalue weighted by Gasteiger charge is 2.15. The third kappa shape index (κ3) is 4.92. The van der Waals surface area contributed by atoms with Crippen LogP contribution >= 0.6 is 23.2 Å². The van der Waals surface area contributed by atoms with Crippen LogP contribution in [0.5, 0.6) is 0 Å². The average Bonchev–Trinajstić information content (AvgIpc) is 3.18. The molecule has 1 amide bonds. The van der Waals surface area contributed by atoms with Crippen molar-refractivity contribution in [3.63, 3.8) is 0 Å². The van der Waals surface area contributed by atoms with Crippen molar-refractivity contribution in [1.82, 2.24) is 19.6 Å². The average molecular weight is 471 g/mol. The Labute approximate surface area is 193 Å². The van der Waals surface area contributed by atoms with E-state index in [0.29, 0.717) is 39.5 Å². The number of aromatic nitrogens is 4. The van der Waals surface area contributed by atoms with E-state index in [1.807, 2.05) is 12.1 Å². The summed E-state index contributed by atoms with van der Waals surface area (Å²) in [6.07, 6.45) is 0.355. The molecular weight excluding hydrogens is 451 g/mol. The molecule has 32 heavy (non-hydrogen) atoms. The molecule has 0 radical (unpaired) electrons. The number of hydrogen-bond donors (Lipinski definition) is 3. The van der Waals surface area contributed by atoms with E-state index in [2.05, 4.69) is 25.7 Å². The number of nitrogens with one attached hydrogen (secondary N) is 3. The van der Waals surface area contributed by atoms with E-state index in [9.17, 15) is 9.59 Å². The Hall–Kier alpha value is -3.36. The molecule has 0 fully saturated rings. The third-order valence-electron chi connectivity index (χ3n) is 4.92. The Kier molecular flexibility index (Phi) is 6.43. The number of halogens is 2. The van der Waals surface area contributed by atoms with Gasteiger partial charge in [-0.2, -0.15) is 9.50 Å². The molecule has 0 spiro atoms. The topological polar surface area (TPSA) is 104 Å². The first-order valence-corrected chi connectivity index (χ1v) is 10.7. The summed E-state index contributed by atoms with van der Waals surface area (Å²) in [7, 11) is 0. The van der Waals surface area contributed by atoms with Crippen molar-refractivity contribution >= 4 is 46.5 Å². The van der Waals surface area contributed by atoms with Gasteiger partial charge < -0.3 is 10.6 Å². The lowest BCUT2D eigenvalue weighted by Gasteiger charge is -2.08. The first-order valence-electron chi connectivity index (χ1n) is 9.91. The molecule has 4 aromatic rings. The number of amides is 1. The molecule has 2 heterocycles. The van der Waals surface area contributed by atoms with E-state index in [1.54, 1.807) is 43.3 Å². The van der Waals surface area contributed by atoms with Gasteiger partial charge in [0.2, 0.25) is 11.9 Å². The zero-order chi connectivity index (χ0) is 22.7. The molecule has 0 aliphatic carbocycles. The second-order valence-corrected chi connectivity index (χ2v) is 8.04. The summed E-state index contributed by atoms with van der Waals surface area (Å²) < 4.78 is 1.28. The normalized spacial score (nSPS) is 11.0. The monoisotopic (exact) mass is 470 g/mol. The molecule has 0 bridgehead atoms. The zero-order valence-corrected chi connectivity index (χ0v) is 18.7. The molecule has 0 atom stereocenters. The van der Waals surface area contributed by atoms with Crippen molar-refractivity contribution in [1.29, 1.82) is 0 Å². The molecule has 2 aromatic carbocycles. The van der Waals surface area contributed by atoms with E-state index < -0.39 is 0 Å². The van der Waals surface area contributed by atoms with Crippen LogP contribution in [0, 0.1) is 6.92 Å². The highest BCUT2D eigenvalue weighted by molar-refractivity contribution is 6.33. The van der Waals surface area contributed by atoms with Crippen molar-refractivity contribution in [3.8, 4) is 0 Å². The predicted molar refractivity (Wildman–Crippen MR) is 126 cm³/mol. The van der Waals surface area contributed by atoms with Crippen molar-refractivity contribution < 1.29 is 4.79 Å². The summed E-state index contributed by atoms with van der Waals surface area (Å²) in [5, 5.41) is 9.93. The number of hydrogen-bond acceptors (Lipinski definition) is 5. The first-order chi connectivity index (χ1) is 15.4. The van der Waals surface area contributed by atoms with Crippen LogP contribution in [-0.2, 0) is 17.8 Å². The molecule has 0 aliphatic rings. The highest BCUT2D eigenvalue weighted by Crippen LogP contribution is 2.20. The van der Waals surface area contributed by atoms with E-state index in [-0.39, 0.29) is 30.1 Å². The van der Waals surface area contributed by atoms with Gasteiger partial charge in [-0.15, -0.1) is 0 Å². The molecule has 10 heteroatoms. The lowest BCUT2D eigenvalue weighted by molar-refractivity contribution is -0.116. The lowest BCUT2D eigenvalue weighted by Crippen LogP contribution is -2.23. The number of rotatable bonds is 7. The Morgan fingerprint density at radius 2 is 1.84 bits per heavy atom. The molecule has 8 nitrogen and oxygen atoms in total. The minimum absolute atomic E-state index is 0.116. The Balaban J connectivity index is 1.46. The molecule has 3 N–H and O–H groups in total. The molecule has 0 saturated carbocycles. The number of nitrogens with zero attached hydrogens (tertiary/aromatic N) is 3. The summed E-state index contributed by atoms with van der Waals surface area (Å²) >= 11 is 12.0. The van der Waals surface area contributed by atoms with Crippen molar-refractivity contribution in [3.05, 3.63) is 85.8 Å². The van der Waals surface area contributed by atoms with Gasteiger partial charge in [0.1, 0.15) is 0 Å². The van der Waals surface area contributed by atoms with Gasteiger partial charge in [0.25, 0.3) is 11.3 Å². The van der Waals surface area contributed by atoms with Crippen LogP contribution in [0.1, 0.15) is 23.2 Å². The SMILES string of the molecule is Cc1nc2nc(NCc3ccc(Cl)cc3)[nH]n2c(=O)c1CCC(=O)Nc1ccccc1Cl. The molecular formula is C22H20Cl2N6O2. The van der Waals surface area contributed by atoms with Crippen LogP contribution in [0.4, 0.5) is 11.6 Å². The number of benzene rings is 2. The predicted octanol–water partition coefficient (Wildman–Crippen LogP) is 4.22. The van der Waals surface area contributed by atoms with Crippen molar-refractivity contribution in [2.45, 2.75) is 26.3 Å². The van der Waals surface area contributed by atoms with Gasteiger partial charge in [-0.1, -0.05) is 47.5 Å². The fraction of sp³-hybridized carbons (Fsp3) is 0.182. The lowest BCUT2D eigenvalue weighted by atomic mass is 10.1. The van der Waals surface area contributed by atoms with Crippen LogP contribution in [0.15, 0.2) is 53.3 Å². The van der Waals surface area contributed by atoms with Gasteiger partial charge in [0.15, 0.2) is 0 Å². The summed E-state index contributed by atoms with van der Waals surface area (Å²) in [6, 6.07) is 14.4. The molecule has 4 rings (SSSR count). The maximum atomic E-state index is 13.0. The summed E-state index contributed by atoms with van der Waals surface area (Å²) in [6.45, 7) is 2.23. The number of fused-ring (bicyclic) bond motifs is 1. The van der Waals surface area contributed by atoms with Crippen LogP contribution in [-0.4, -0.2) is 25.5 Å². The zero-order valence-electron chi connectivity index (χ0n) is 17.2. The second kappa shape index (κ2) is 9.42. The second-order valence-electron chi connectivity index (χ2n) is 7.20. The number of carbonyl (C=O) groups is 1. The van der Waals surface area contributed by atoms with Gasteiger partial charge in [-0.3, -0.25) is 14.7 Å².